The van der Waals surface area contributed by atoms with Crippen molar-refractivity contribution in [2.75, 3.05) is 6.54 Å². The molecule has 0 bridgehead atoms. The van der Waals surface area contributed by atoms with Crippen molar-refractivity contribution >= 4 is 11.6 Å². The maximum absolute atomic E-state index is 12.6. The van der Waals surface area contributed by atoms with Crippen molar-refractivity contribution in [1.82, 2.24) is 4.90 Å². The highest BCUT2D eigenvalue weighted by molar-refractivity contribution is 5.95. The number of hydrogen-bond donors (Lipinski definition) is 1. The van der Waals surface area contributed by atoms with Crippen LogP contribution in [0.5, 0.6) is 0 Å². The van der Waals surface area contributed by atoms with E-state index in [2.05, 4.69) is 0 Å². The van der Waals surface area contributed by atoms with Gasteiger partial charge in [0.2, 0.25) is 0 Å². The third kappa shape index (κ3) is 3.05. The van der Waals surface area contributed by atoms with Gasteiger partial charge in [-0.15, -0.1) is 0 Å². The molecule has 114 valence electrons. The Kier molecular flexibility index (Phi) is 4.00. The molecule has 1 fully saturated rings. The van der Waals surface area contributed by atoms with Crippen molar-refractivity contribution in [3.8, 4) is 0 Å². The van der Waals surface area contributed by atoms with Gasteiger partial charge in [0.05, 0.1) is 16.6 Å². The number of benzene rings is 1. The molecular weight excluding hydrogens is 272 g/mol. The van der Waals surface area contributed by atoms with Crippen LogP contribution in [-0.4, -0.2) is 39.0 Å². The molecule has 1 aliphatic heterocycles. The first-order chi connectivity index (χ1) is 9.71. The largest absolute Gasteiger partial charge is 0.388 e. The average Bonchev–Trinajstić information content (AvgIpc) is 2.87. The summed E-state index contributed by atoms with van der Waals surface area (Å²) in [4.78, 5) is 24.7. The molecule has 1 amide bonds. The van der Waals surface area contributed by atoms with Gasteiger partial charge in [-0.25, -0.2) is 0 Å². The Balaban J connectivity index is 2.32. The monoisotopic (exact) mass is 292 g/mol. The van der Waals surface area contributed by atoms with Crippen LogP contribution in [0.4, 0.5) is 5.69 Å². The predicted octanol–water partition coefficient (Wildman–Crippen LogP) is 2.28. The van der Waals surface area contributed by atoms with E-state index in [1.807, 2.05) is 0 Å². The van der Waals surface area contributed by atoms with Crippen LogP contribution < -0.4 is 0 Å². The summed E-state index contributed by atoms with van der Waals surface area (Å²) in [7, 11) is 0. The number of nitrogens with zero attached hydrogens (tertiary/aromatic N) is 2. The molecule has 0 saturated carbocycles. The van der Waals surface area contributed by atoms with Gasteiger partial charge in [-0.1, -0.05) is 6.07 Å². The van der Waals surface area contributed by atoms with Crippen LogP contribution in [0.3, 0.4) is 0 Å². The van der Waals surface area contributed by atoms with E-state index in [0.29, 0.717) is 17.7 Å². The Hall–Kier alpha value is -1.95. The van der Waals surface area contributed by atoms with E-state index in [1.54, 1.807) is 37.8 Å². The van der Waals surface area contributed by atoms with Crippen molar-refractivity contribution in [2.45, 2.75) is 45.3 Å². The van der Waals surface area contributed by atoms with E-state index >= 15 is 0 Å². The van der Waals surface area contributed by atoms with Gasteiger partial charge >= 0.3 is 0 Å². The highest BCUT2D eigenvalue weighted by Gasteiger charge is 2.38. The van der Waals surface area contributed by atoms with Gasteiger partial charge in [-0.05, 0) is 39.7 Å². The topological polar surface area (TPSA) is 83.7 Å². The van der Waals surface area contributed by atoms with Crippen LogP contribution in [0, 0.1) is 17.0 Å². The Morgan fingerprint density at radius 2 is 2.14 bits per heavy atom. The van der Waals surface area contributed by atoms with Crippen LogP contribution in [0.1, 0.15) is 42.6 Å². The first-order valence-electron chi connectivity index (χ1n) is 7.00. The first-order valence-corrected chi connectivity index (χ1v) is 7.00. The summed E-state index contributed by atoms with van der Waals surface area (Å²) < 4.78 is 0. The zero-order chi connectivity index (χ0) is 15.8. The molecule has 21 heavy (non-hydrogen) atoms. The lowest BCUT2D eigenvalue weighted by atomic mass is 9.96. The number of aliphatic hydroxyl groups is 1. The smallest absolute Gasteiger partial charge is 0.273 e. The summed E-state index contributed by atoms with van der Waals surface area (Å²) in [6.45, 7) is 5.57. The van der Waals surface area contributed by atoms with Crippen molar-refractivity contribution in [3.05, 3.63) is 39.4 Å². The third-order valence-electron chi connectivity index (χ3n) is 3.98. The van der Waals surface area contributed by atoms with E-state index < -0.39 is 10.5 Å². The molecule has 1 saturated heterocycles. The minimum absolute atomic E-state index is 0.0557. The summed E-state index contributed by atoms with van der Waals surface area (Å²) in [5.74, 6) is -0.261. The van der Waals surface area contributed by atoms with E-state index in [4.69, 9.17) is 0 Å². The number of hydrogen-bond acceptors (Lipinski definition) is 4. The summed E-state index contributed by atoms with van der Waals surface area (Å²) in [6.07, 6.45) is 1.57. The predicted molar refractivity (Wildman–Crippen MR) is 78.2 cm³/mol. The minimum Gasteiger partial charge on any atom is -0.388 e. The number of aryl methyl sites for hydroxylation is 1. The van der Waals surface area contributed by atoms with Crippen LogP contribution in [0.2, 0.25) is 0 Å². The summed E-state index contributed by atoms with van der Waals surface area (Å²) >= 11 is 0. The zero-order valence-corrected chi connectivity index (χ0v) is 12.5. The third-order valence-corrected chi connectivity index (χ3v) is 3.98. The van der Waals surface area contributed by atoms with Gasteiger partial charge in [-0.2, -0.15) is 0 Å². The lowest BCUT2D eigenvalue weighted by Gasteiger charge is -2.33. The quantitative estimate of drug-likeness (QED) is 0.684. The number of likely N-dealkylation sites (tertiary alicyclic amines) is 1. The highest BCUT2D eigenvalue weighted by Crippen LogP contribution is 2.29. The number of nitro benzene ring substituents is 1. The Bertz CT molecular complexity index is 578. The second-order valence-corrected chi connectivity index (χ2v) is 6.07. The molecule has 2 rings (SSSR count). The molecule has 0 spiro atoms. The second-order valence-electron chi connectivity index (χ2n) is 6.07. The maximum atomic E-state index is 12.6. The SMILES string of the molecule is Cc1ccc(C(=O)N2CCCC2C(C)(C)O)cc1[N+](=O)[O-]. The minimum atomic E-state index is -0.983. The number of amides is 1. The number of rotatable bonds is 3. The molecular formula is C15H20N2O4. The van der Waals surface area contributed by atoms with Crippen LogP contribution in [0.15, 0.2) is 18.2 Å². The Labute approximate surface area is 123 Å². The molecule has 1 aromatic rings. The Morgan fingerprint density at radius 3 is 2.71 bits per heavy atom. The Morgan fingerprint density at radius 1 is 1.48 bits per heavy atom. The molecule has 1 heterocycles. The van der Waals surface area contributed by atoms with Gasteiger partial charge in [0.15, 0.2) is 0 Å². The lowest BCUT2D eigenvalue weighted by molar-refractivity contribution is -0.385. The fourth-order valence-electron chi connectivity index (χ4n) is 2.85. The summed E-state index contributed by atoms with van der Waals surface area (Å²) in [5, 5.41) is 21.2. The van der Waals surface area contributed by atoms with Gasteiger partial charge in [0.25, 0.3) is 11.6 Å². The fourth-order valence-corrected chi connectivity index (χ4v) is 2.85. The van der Waals surface area contributed by atoms with E-state index in [1.165, 1.54) is 6.07 Å². The summed E-state index contributed by atoms with van der Waals surface area (Å²) in [5.41, 5.74) is -0.219. The van der Waals surface area contributed by atoms with Gasteiger partial charge in [0, 0.05) is 23.7 Å². The molecule has 0 radical (unpaired) electrons. The number of carbonyl (C=O) groups is 1. The van der Waals surface area contributed by atoms with Crippen molar-refractivity contribution in [1.29, 1.82) is 0 Å². The van der Waals surface area contributed by atoms with Crippen LogP contribution >= 0.6 is 0 Å². The van der Waals surface area contributed by atoms with Crippen molar-refractivity contribution in [3.63, 3.8) is 0 Å². The van der Waals surface area contributed by atoms with E-state index in [-0.39, 0.29) is 17.6 Å². The molecule has 1 N–H and O–H groups in total. The molecule has 6 heteroatoms. The molecule has 1 aliphatic rings. The normalized spacial score (nSPS) is 18.9. The molecule has 1 aromatic carbocycles. The van der Waals surface area contributed by atoms with Crippen molar-refractivity contribution < 1.29 is 14.8 Å². The molecule has 6 nitrogen and oxygen atoms in total. The zero-order valence-electron chi connectivity index (χ0n) is 12.5. The second kappa shape index (κ2) is 5.44. The lowest BCUT2D eigenvalue weighted by Crippen LogP contribution is -2.48. The number of nitro groups is 1. The number of carbonyl (C=O) groups excluding carboxylic acids is 1. The van der Waals surface area contributed by atoms with Crippen LogP contribution in [0.25, 0.3) is 0 Å². The van der Waals surface area contributed by atoms with E-state index in [0.717, 1.165) is 12.8 Å². The van der Waals surface area contributed by atoms with Gasteiger partial charge in [0.1, 0.15) is 0 Å². The van der Waals surface area contributed by atoms with Crippen LogP contribution in [-0.2, 0) is 0 Å². The molecule has 1 unspecified atom stereocenters. The molecule has 1 atom stereocenters. The van der Waals surface area contributed by atoms with E-state index in [9.17, 15) is 20.0 Å². The van der Waals surface area contributed by atoms with Gasteiger partial charge < -0.3 is 10.0 Å². The first kappa shape index (κ1) is 15.4. The van der Waals surface area contributed by atoms with Crippen molar-refractivity contribution in [2.24, 2.45) is 0 Å². The fraction of sp³-hybridized carbons (Fsp3) is 0.533. The highest BCUT2D eigenvalue weighted by atomic mass is 16.6. The van der Waals surface area contributed by atoms with Gasteiger partial charge in [-0.3, -0.25) is 14.9 Å². The molecule has 0 aliphatic carbocycles. The molecule has 0 aromatic heterocycles. The average molecular weight is 292 g/mol. The standard InChI is InChI=1S/C15H20N2O4/c1-10-6-7-11(9-12(10)17(20)21)14(18)16-8-4-5-13(16)15(2,3)19/h6-7,9,13,19H,4-5,8H2,1-3H3. The maximum Gasteiger partial charge on any atom is 0.273 e. The summed E-state index contributed by atoms with van der Waals surface area (Å²) in [6, 6.07) is 4.24.